The molecule has 0 saturated heterocycles. The fourth-order valence-corrected chi connectivity index (χ4v) is 4.62. The molecule has 2 atom stereocenters. The zero-order valence-corrected chi connectivity index (χ0v) is 21.5. The van der Waals surface area contributed by atoms with E-state index in [1.54, 1.807) is 41.0 Å². The Balaban J connectivity index is 1.67. The summed E-state index contributed by atoms with van der Waals surface area (Å²) in [5, 5.41) is 21.1. The molecule has 8 heteroatoms. The molecule has 0 saturated carbocycles. The third-order valence-corrected chi connectivity index (χ3v) is 6.73. The minimum Gasteiger partial charge on any atom is -0.469 e. The normalized spacial score (nSPS) is 17.6. The van der Waals surface area contributed by atoms with Crippen LogP contribution in [-0.2, 0) is 31.3 Å². The summed E-state index contributed by atoms with van der Waals surface area (Å²) < 4.78 is 4.67. The van der Waals surface area contributed by atoms with Crippen LogP contribution < -0.4 is 4.90 Å². The SMILES string of the molecule is COC(=O)CCCCN1C(=O)[C@@](O)([C@@H](C)/C=C/CC(=O)N(CCO)Cc2ccccc2)c2ccccc21. The van der Waals surface area contributed by atoms with Gasteiger partial charge in [-0.05, 0) is 24.5 Å². The number of carbonyl (C=O) groups is 3. The molecule has 1 aliphatic rings. The second kappa shape index (κ2) is 13.2. The van der Waals surface area contributed by atoms with E-state index in [1.807, 2.05) is 42.5 Å². The molecule has 2 aromatic carbocycles. The number of benzene rings is 2. The quantitative estimate of drug-likeness (QED) is 0.245. The summed E-state index contributed by atoms with van der Waals surface area (Å²) >= 11 is 0. The summed E-state index contributed by atoms with van der Waals surface area (Å²) in [5.74, 6) is -1.45. The highest BCUT2D eigenvalue weighted by molar-refractivity contribution is 6.07. The number of hydrogen-bond donors (Lipinski definition) is 2. The third-order valence-electron chi connectivity index (χ3n) is 6.73. The van der Waals surface area contributed by atoms with Gasteiger partial charge in [-0.3, -0.25) is 14.4 Å². The molecule has 2 aromatic rings. The molecule has 0 radical (unpaired) electrons. The van der Waals surface area contributed by atoms with E-state index in [4.69, 9.17) is 0 Å². The average Bonchev–Trinajstić information content (AvgIpc) is 3.13. The molecular weight excluding hydrogens is 472 g/mol. The van der Waals surface area contributed by atoms with Gasteiger partial charge in [0.1, 0.15) is 0 Å². The van der Waals surface area contributed by atoms with Crippen LogP contribution in [-0.4, -0.2) is 59.7 Å². The van der Waals surface area contributed by atoms with Crippen LogP contribution in [0.25, 0.3) is 0 Å². The largest absolute Gasteiger partial charge is 0.469 e. The zero-order chi connectivity index (χ0) is 26.8. The Bertz CT molecular complexity index is 1100. The van der Waals surface area contributed by atoms with Crippen LogP contribution >= 0.6 is 0 Å². The first kappa shape index (κ1) is 28.1. The fourth-order valence-electron chi connectivity index (χ4n) is 4.62. The van der Waals surface area contributed by atoms with E-state index in [1.165, 1.54) is 7.11 Å². The number of para-hydroxylation sites is 1. The molecule has 198 valence electrons. The zero-order valence-electron chi connectivity index (χ0n) is 21.5. The number of methoxy groups -OCH3 is 1. The lowest BCUT2D eigenvalue weighted by Gasteiger charge is -2.28. The number of esters is 1. The van der Waals surface area contributed by atoms with Gasteiger partial charge in [0.2, 0.25) is 5.91 Å². The van der Waals surface area contributed by atoms with Gasteiger partial charge in [0.25, 0.3) is 5.91 Å². The molecule has 37 heavy (non-hydrogen) atoms. The molecular formula is C29H36N2O6. The number of ether oxygens (including phenoxy) is 1. The topological polar surface area (TPSA) is 107 Å². The highest BCUT2D eigenvalue weighted by Crippen LogP contribution is 2.45. The van der Waals surface area contributed by atoms with Crippen molar-refractivity contribution in [2.24, 2.45) is 5.92 Å². The fraction of sp³-hybridized carbons (Fsp3) is 0.414. The lowest BCUT2D eigenvalue weighted by molar-refractivity contribution is -0.140. The van der Waals surface area contributed by atoms with Gasteiger partial charge in [-0.25, -0.2) is 0 Å². The summed E-state index contributed by atoms with van der Waals surface area (Å²) in [6, 6.07) is 16.7. The minimum absolute atomic E-state index is 0.0837. The van der Waals surface area contributed by atoms with Gasteiger partial charge in [-0.1, -0.05) is 67.6 Å². The monoisotopic (exact) mass is 508 g/mol. The number of hydrogen-bond acceptors (Lipinski definition) is 6. The van der Waals surface area contributed by atoms with Crippen LogP contribution in [0.3, 0.4) is 0 Å². The lowest BCUT2D eigenvalue weighted by atomic mass is 9.83. The van der Waals surface area contributed by atoms with Gasteiger partial charge >= 0.3 is 5.97 Å². The van der Waals surface area contributed by atoms with Crippen LogP contribution in [0.5, 0.6) is 0 Å². The number of fused-ring (bicyclic) bond motifs is 1. The molecule has 0 aromatic heterocycles. The van der Waals surface area contributed by atoms with Crippen LogP contribution in [0.4, 0.5) is 5.69 Å². The first-order chi connectivity index (χ1) is 17.8. The third kappa shape index (κ3) is 6.64. The Hall–Kier alpha value is -3.49. The van der Waals surface area contributed by atoms with Crippen molar-refractivity contribution in [2.75, 3.05) is 31.7 Å². The second-order valence-electron chi connectivity index (χ2n) is 9.22. The van der Waals surface area contributed by atoms with Crippen molar-refractivity contribution >= 4 is 23.5 Å². The maximum Gasteiger partial charge on any atom is 0.305 e. The molecule has 1 heterocycles. The van der Waals surface area contributed by atoms with Gasteiger partial charge in [0.05, 0.1) is 19.4 Å². The smallest absolute Gasteiger partial charge is 0.305 e. The van der Waals surface area contributed by atoms with Gasteiger partial charge in [-0.2, -0.15) is 0 Å². The van der Waals surface area contributed by atoms with Crippen LogP contribution in [0, 0.1) is 5.92 Å². The molecule has 1 aliphatic heterocycles. The summed E-state index contributed by atoms with van der Waals surface area (Å²) in [5.41, 5.74) is 0.396. The number of carbonyl (C=O) groups excluding carboxylic acids is 3. The Kier molecular flexibility index (Phi) is 10.00. The predicted octanol–water partition coefficient (Wildman–Crippen LogP) is 3.17. The van der Waals surface area contributed by atoms with Gasteiger partial charge in [0, 0.05) is 44.0 Å². The molecule has 2 N–H and O–H groups in total. The Labute approximate surface area is 218 Å². The maximum absolute atomic E-state index is 13.5. The Morgan fingerprint density at radius 3 is 2.51 bits per heavy atom. The van der Waals surface area contributed by atoms with Gasteiger partial charge < -0.3 is 24.7 Å². The van der Waals surface area contributed by atoms with E-state index >= 15 is 0 Å². The van der Waals surface area contributed by atoms with Crippen molar-refractivity contribution in [3.63, 3.8) is 0 Å². The standard InChI is InChI=1S/C29H36N2O6/c1-22(11-10-16-26(33)30(19-20-32)21-23-12-4-3-5-13-23)29(36)24-14-6-7-15-25(24)31(28(29)35)18-9-8-17-27(34)37-2/h3-7,10-15,22,32,36H,8-9,16-21H2,1-2H3/b11-10+/t22-,29+/m0/s1. The molecule has 0 bridgehead atoms. The van der Waals surface area contributed by atoms with Gasteiger partial charge in [0.15, 0.2) is 5.60 Å². The molecule has 0 fully saturated rings. The molecule has 2 amide bonds. The van der Waals surface area contributed by atoms with Crippen molar-refractivity contribution in [1.82, 2.24) is 4.90 Å². The molecule has 0 unspecified atom stereocenters. The van der Waals surface area contributed by atoms with Crippen molar-refractivity contribution in [2.45, 2.75) is 44.8 Å². The van der Waals surface area contributed by atoms with Crippen molar-refractivity contribution < 1.29 is 29.3 Å². The number of unbranched alkanes of at least 4 members (excludes halogenated alkanes) is 1. The highest BCUT2D eigenvalue weighted by Gasteiger charge is 2.52. The first-order valence-corrected chi connectivity index (χ1v) is 12.6. The minimum atomic E-state index is -1.76. The Morgan fingerprint density at radius 1 is 1.11 bits per heavy atom. The van der Waals surface area contributed by atoms with Crippen LogP contribution in [0.2, 0.25) is 0 Å². The molecule has 0 spiro atoms. The number of aliphatic hydroxyl groups is 2. The predicted molar refractivity (Wildman–Crippen MR) is 140 cm³/mol. The summed E-state index contributed by atoms with van der Waals surface area (Å²) in [6.07, 6.45) is 4.89. The molecule has 8 nitrogen and oxygen atoms in total. The van der Waals surface area contributed by atoms with E-state index in [-0.39, 0.29) is 37.9 Å². The summed E-state index contributed by atoms with van der Waals surface area (Å²) in [7, 11) is 1.35. The maximum atomic E-state index is 13.5. The summed E-state index contributed by atoms with van der Waals surface area (Å²) in [4.78, 5) is 40.8. The second-order valence-corrected chi connectivity index (χ2v) is 9.22. The number of amides is 2. The summed E-state index contributed by atoms with van der Waals surface area (Å²) in [6.45, 7) is 2.60. The van der Waals surface area contributed by atoms with E-state index in [2.05, 4.69) is 4.74 Å². The molecule has 0 aliphatic carbocycles. The molecule has 3 rings (SSSR count). The van der Waals surface area contributed by atoms with Crippen LogP contribution in [0.15, 0.2) is 66.7 Å². The van der Waals surface area contributed by atoms with E-state index < -0.39 is 17.4 Å². The van der Waals surface area contributed by atoms with Crippen molar-refractivity contribution in [3.05, 3.63) is 77.9 Å². The lowest BCUT2D eigenvalue weighted by Crippen LogP contribution is -2.44. The number of rotatable bonds is 13. The Morgan fingerprint density at radius 2 is 1.81 bits per heavy atom. The number of anilines is 1. The highest BCUT2D eigenvalue weighted by atomic mass is 16.5. The van der Waals surface area contributed by atoms with Gasteiger partial charge in [-0.15, -0.1) is 0 Å². The van der Waals surface area contributed by atoms with Crippen LogP contribution in [0.1, 0.15) is 43.7 Å². The van der Waals surface area contributed by atoms with E-state index in [0.717, 1.165) is 5.56 Å². The first-order valence-electron chi connectivity index (χ1n) is 12.6. The van der Waals surface area contributed by atoms with Crippen molar-refractivity contribution in [3.8, 4) is 0 Å². The number of aliphatic hydroxyl groups excluding tert-OH is 1. The average molecular weight is 509 g/mol. The number of nitrogens with zero attached hydrogens (tertiary/aromatic N) is 2. The van der Waals surface area contributed by atoms with E-state index in [0.29, 0.717) is 37.2 Å². The van der Waals surface area contributed by atoms with E-state index in [9.17, 15) is 24.6 Å². The van der Waals surface area contributed by atoms with Crippen molar-refractivity contribution in [1.29, 1.82) is 0 Å².